The van der Waals surface area contributed by atoms with Crippen molar-refractivity contribution in [1.82, 2.24) is 19.6 Å². The summed E-state index contributed by atoms with van der Waals surface area (Å²) in [7, 11) is 0. The van der Waals surface area contributed by atoms with E-state index < -0.39 is 29.6 Å². The van der Waals surface area contributed by atoms with Gasteiger partial charge in [0.25, 0.3) is 0 Å². The number of likely N-dealkylation sites (tertiary alicyclic amines) is 1. The first kappa shape index (κ1) is 31.2. The Kier molecular flexibility index (Phi) is 10.8. The second-order valence-electron chi connectivity index (χ2n) is 11.2. The number of aliphatic hydroxyl groups is 1. The zero-order valence-electron chi connectivity index (χ0n) is 23.7. The van der Waals surface area contributed by atoms with E-state index in [1.165, 1.54) is 0 Å². The molecule has 4 aliphatic rings. The van der Waals surface area contributed by atoms with E-state index in [0.29, 0.717) is 71.7 Å². The van der Waals surface area contributed by atoms with Gasteiger partial charge in [0, 0.05) is 63.8 Å². The van der Waals surface area contributed by atoms with E-state index in [-0.39, 0.29) is 29.2 Å². The van der Waals surface area contributed by atoms with E-state index in [0.717, 1.165) is 19.5 Å². The number of hydrogen-bond donors (Lipinski definition) is 1. The maximum Gasteiger partial charge on any atom is 0.248 e. The summed E-state index contributed by atoms with van der Waals surface area (Å²) in [6, 6.07) is -0.838. The lowest BCUT2D eigenvalue weighted by Gasteiger charge is -2.38. The number of halogens is 1. The zero-order valence-corrected chi connectivity index (χ0v) is 25.3. The van der Waals surface area contributed by atoms with E-state index >= 15 is 0 Å². The molecule has 0 aromatic heterocycles. The van der Waals surface area contributed by atoms with Crippen LogP contribution in [-0.4, -0.2) is 137 Å². The molecule has 10 nitrogen and oxygen atoms in total. The van der Waals surface area contributed by atoms with Crippen molar-refractivity contribution >= 4 is 33.7 Å². The molecule has 11 heteroatoms. The number of alkyl halides is 1. The number of hydrogen-bond acceptors (Lipinski definition) is 7. The Morgan fingerprint density at radius 3 is 2.40 bits per heavy atom. The van der Waals surface area contributed by atoms with E-state index in [1.807, 2.05) is 6.92 Å². The summed E-state index contributed by atoms with van der Waals surface area (Å²) in [4.78, 5) is 49.9. The van der Waals surface area contributed by atoms with Gasteiger partial charge in [-0.3, -0.25) is 19.3 Å². The molecule has 4 heterocycles. The molecule has 4 saturated heterocycles. The van der Waals surface area contributed by atoms with Crippen LogP contribution in [0, 0.1) is 11.8 Å². The molecule has 3 amide bonds. The molecule has 4 aliphatic heterocycles. The van der Waals surface area contributed by atoms with Gasteiger partial charge in [-0.15, -0.1) is 13.2 Å². The molecule has 1 N–H and O–H groups in total. The summed E-state index contributed by atoms with van der Waals surface area (Å²) < 4.78 is 12.1. The summed E-state index contributed by atoms with van der Waals surface area (Å²) in [5, 5.41) is 9.42. The van der Waals surface area contributed by atoms with Crippen LogP contribution in [0.3, 0.4) is 0 Å². The minimum atomic E-state index is -1.09. The zero-order chi connectivity index (χ0) is 28.9. The molecule has 0 aromatic carbocycles. The predicted molar refractivity (Wildman–Crippen MR) is 155 cm³/mol. The molecule has 4 rings (SSSR count). The van der Waals surface area contributed by atoms with Crippen molar-refractivity contribution in [2.45, 2.75) is 55.2 Å². The third kappa shape index (κ3) is 5.90. The average molecular weight is 626 g/mol. The third-order valence-corrected chi connectivity index (χ3v) is 9.57. The molecule has 4 fully saturated rings. The lowest BCUT2D eigenvalue weighted by Crippen LogP contribution is -2.58. The SMILES string of the molecule is C=CCN(CCN1CCOCC1)C(=O)C1N(CCCCO)C(=O)[C@@H]2[C@@H](C(=O)N(CC=C)CCC)[C@@H]3OC12CC3Br. The van der Waals surface area contributed by atoms with Crippen LogP contribution < -0.4 is 0 Å². The number of amides is 3. The molecule has 40 heavy (non-hydrogen) atoms. The summed E-state index contributed by atoms with van der Waals surface area (Å²) in [6.07, 6.45) is 5.27. The highest BCUT2D eigenvalue weighted by atomic mass is 79.9. The van der Waals surface area contributed by atoms with Crippen molar-refractivity contribution in [2.24, 2.45) is 11.8 Å². The Balaban J connectivity index is 1.66. The number of ether oxygens (including phenoxy) is 2. The fourth-order valence-corrected chi connectivity index (χ4v) is 7.90. The summed E-state index contributed by atoms with van der Waals surface area (Å²) >= 11 is 3.76. The Morgan fingerprint density at radius 1 is 1.10 bits per heavy atom. The van der Waals surface area contributed by atoms with Crippen LogP contribution >= 0.6 is 15.9 Å². The number of carbonyl (C=O) groups is 3. The van der Waals surface area contributed by atoms with Gasteiger partial charge in [0.15, 0.2) is 0 Å². The maximum atomic E-state index is 14.4. The number of aliphatic hydroxyl groups excluding tert-OH is 1. The average Bonchev–Trinajstić information content (AvgIpc) is 3.54. The van der Waals surface area contributed by atoms with Crippen LogP contribution in [0.5, 0.6) is 0 Å². The Hall–Kier alpha value is -1.79. The van der Waals surface area contributed by atoms with Crippen molar-refractivity contribution in [2.75, 3.05) is 72.2 Å². The first-order valence-electron chi connectivity index (χ1n) is 14.7. The number of rotatable bonds is 15. The monoisotopic (exact) mass is 624 g/mol. The van der Waals surface area contributed by atoms with E-state index in [1.54, 1.807) is 26.9 Å². The highest BCUT2D eigenvalue weighted by molar-refractivity contribution is 9.09. The number of morpholine rings is 1. The molecule has 2 bridgehead atoms. The number of unbranched alkanes of at least 4 members (excludes halogenated alkanes) is 1. The smallest absolute Gasteiger partial charge is 0.248 e. The van der Waals surface area contributed by atoms with E-state index in [2.05, 4.69) is 34.0 Å². The van der Waals surface area contributed by atoms with Crippen molar-refractivity contribution in [3.8, 4) is 0 Å². The Labute approximate surface area is 246 Å². The van der Waals surface area contributed by atoms with Crippen LogP contribution in [-0.2, 0) is 23.9 Å². The van der Waals surface area contributed by atoms with Gasteiger partial charge in [0.2, 0.25) is 17.7 Å². The second-order valence-corrected chi connectivity index (χ2v) is 12.4. The van der Waals surface area contributed by atoms with Crippen molar-refractivity contribution in [1.29, 1.82) is 0 Å². The second kappa shape index (κ2) is 13.9. The fourth-order valence-electron chi connectivity index (χ4n) is 6.96. The van der Waals surface area contributed by atoms with Crippen LogP contribution in [0.25, 0.3) is 0 Å². The molecule has 3 unspecified atom stereocenters. The van der Waals surface area contributed by atoms with Crippen molar-refractivity contribution in [3.05, 3.63) is 25.3 Å². The van der Waals surface area contributed by atoms with E-state index in [9.17, 15) is 19.5 Å². The van der Waals surface area contributed by atoms with Gasteiger partial charge in [-0.2, -0.15) is 0 Å². The standard InChI is InChI=1S/C29H45BrN4O6/c1-4-9-32(10-5-2)26(36)22-23-27(37)34(12-7-8-17-35)25(29(23)20-21(30)24(22)40-29)28(38)33(11-6-3)14-13-31-15-18-39-19-16-31/h4,6,21-25,35H,1,3,5,7-20H2,2H3/t21?,22-,23+,24-,25?,29?/m1/s1. The molecule has 0 radical (unpaired) electrons. The molecule has 6 atom stereocenters. The van der Waals surface area contributed by atoms with Crippen LogP contribution in [0.2, 0.25) is 0 Å². The fraction of sp³-hybridized carbons (Fsp3) is 0.759. The van der Waals surface area contributed by atoms with Crippen molar-refractivity contribution in [3.63, 3.8) is 0 Å². The normalized spacial score (nSPS) is 31.3. The van der Waals surface area contributed by atoms with Gasteiger partial charge in [-0.1, -0.05) is 35.0 Å². The molecule has 0 aliphatic carbocycles. The Bertz CT molecular complexity index is 945. The van der Waals surface area contributed by atoms with E-state index in [4.69, 9.17) is 9.47 Å². The molecule has 1 spiro atoms. The van der Waals surface area contributed by atoms with Gasteiger partial charge in [0.05, 0.1) is 31.2 Å². The van der Waals surface area contributed by atoms with Gasteiger partial charge in [-0.05, 0) is 25.7 Å². The highest BCUT2D eigenvalue weighted by Crippen LogP contribution is 2.60. The number of fused-ring (bicyclic) bond motifs is 1. The molecule has 0 aromatic rings. The van der Waals surface area contributed by atoms with Gasteiger partial charge in [-0.25, -0.2) is 0 Å². The lowest BCUT2D eigenvalue weighted by molar-refractivity contribution is -0.149. The molecule has 0 saturated carbocycles. The van der Waals surface area contributed by atoms with Gasteiger partial charge in [0.1, 0.15) is 11.6 Å². The third-order valence-electron chi connectivity index (χ3n) is 8.72. The summed E-state index contributed by atoms with van der Waals surface area (Å²) in [5.74, 6) is -1.88. The molecular weight excluding hydrogens is 580 g/mol. The van der Waals surface area contributed by atoms with Crippen LogP contribution in [0.1, 0.15) is 32.6 Å². The lowest BCUT2D eigenvalue weighted by atomic mass is 9.70. The van der Waals surface area contributed by atoms with Crippen molar-refractivity contribution < 1.29 is 29.0 Å². The number of carbonyl (C=O) groups excluding carboxylic acids is 3. The number of nitrogens with zero attached hydrogens (tertiary/aromatic N) is 4. The largest absolute Gasteiger partial charge is 0.396 e. The predicted octanol–water partition coefficient (Wildman–Crippen LogP) is 1.28. The summed E-state index contributed by atoms with van der Waals surface area (Å²) in [6.45, 7) is 15.5. The van der Waals surface area contributed by atoms with Gasteiger partial charge >= 0.3 is 0 Å². The van der Waals surface area contributed by atoms with Crippen LogP contribution in [0.4, 0.5) is 0 Å². The first-order valence-corrected chi connectivity index (χ1v) is 15.6. The first-order chi connectivity index (χ1) is 19.3. The minimum absolute atomic E-state index is 0.00798. The maximum absolute atomic E-state index is 14.4. The topological polar surface area (TPSA) is 103 Å². The quantitative estimate of drug-likeness (QED) is 0.166. The molecular formula is C29H45BrN4O6. The minimum Gasteiger partial charge on any atom is -0.396 e. The van der Waals surface area contributed by atoms with Gasteiger partial charge < -0.3 is 29.3 Å². The highest BCUT2D eigenvalue weighted by Gasteiger charge is 2.76. The summed E-state index contributed by atoms with van der Waals surface area (Å²) in [5.41, 5.74) is -1.09. The molecule has 224 valence electrons. The van der Waals surface area contributed by atoms with Crippen LogP contribution in [0.15, 0.2) is 25.3 Å². The Morgan fingerprint density at radius 2 is 1.77 bits per heavy atom.